The number of ether oxygens (including phenoxy) is 1. The van der Waals surface area contributed by atoms with Crippen LogP contribution >= 0.6 is 0 Å². The molecule has 0 aliphatic heterocycles. The fraction of sp³-hybridized carbons (Fsp3) is 0.600. The van der Waals surface area contributed by atoms with E-state index in [1.165, 1.54) is 19.3 Å². The van der Waals surface area contributed by atoms with Crippen molar-refractivity contribution in [2.45, 2.75) is 58.1 Å². The summed E-state index contributed by atoms with van der Waals surface area (Å²) in [6.45, 7) is 3.86. The number of carbonyl (C=O) groups excluding carboxylic acids is 1. The molecule has 0 unspecified atom stereocenters. The number of carbonyl (C=O) groups is 1. The van der Waals surface area contributed by atoms with E-state index in [4.69, 9.17) is 4.74 Å². The van der Waals surface area contributed by atoms with Gasteiger partial charge in [-0.2, -0.15) is 0 Å². The van der Waals surface area contributed by atoms with Gasteiger partial charge in [0, 0.05) is 12.2 Å². The van der Waals surface area contributed by atoms with Gasteiger partial charge in [-0.15, -0.1) is 0 Å². The lowest BCUT2D eigenvalue weighted by molar-refractivity contribution is 0.232. The van der Waals surface area contributed by atoms with Crippen molar-refractivity contribution >= 4 is 11.7 Å². The molecule has 2 N–H and O–H groups in total. The highest BCUT2D eigenvalue weighted by molar-refractivity contribution is 5.90. The van der Waals surface area contributed by atoms with Gasteiger partial charge in [0.25, 0.3) is 0 Å². The molecule has 2 amide bonds. The lowest BCUT2D eigenvalue weighted by Crippen LogP contribution is -2.39. The third-order valence-electron chi connectivity index (χ3n) is 3.31. The predicted molar refractivity (Wildman–Crippen MR) is 79.0 cm³/mol. The predicted octanol–water partition coefficient (Wildman–Crippen LogP) is 3.32. The van der Waals surface area contributed by atoms with Gasteiger partial charge in [-0.3, -0.25) is 0 Å². The van der Waals surface area contributed by atoms with Gasteiger partial charge in [-0.25, -0.2) is 9.78 Å². The monoisotopic (exact) mass is 277 g/mol. The zero-order valence-corrected chi connectivity index (χ0v) is 12.2. The fourth-order valence-corrected chi connectivity index (χ4v) is 2.39. The number of rotatable bonds is 4. The van der Waals surface area contributed by atoms with Crippen LogP contribution in [0.1, 0.15) is 46.0 Å². The van der Waals surface area contributed by atoms with Crippen molar-refractivity contribution in [1.29, 1.82) is 0 Å². The standard InChI is InChI=1S/C15H23N3O2/c1-11(2)20-14-13(9-6-10-16-14)18-15(19)17-12-7-4-3-5-8-12/h6,9-12H,3-5,7-8H2,1-2H3,(H2,17,18,19). The Morgan fingerprint density at radius 2 is 2.10 bits per heavy atom. The zero-order chi connectivity index (χ0) is 14.4. The molecule has 1 saturated carbocycles. The van der Waals surface area contributed by atoms with Crippen LogP contribution in [0.25, 0.3) is 0 Å². The van der Waals surface area contributed by atoms with Crippen LogP contribution in [0.2, 0.25) is 0 Å². The molecule has 1 heterocycles. The van der Waals surface area contributed by atoms with Gasteiger partial charge in [-0.05, 0) is 38.8 Å². The minimum Gasteiger partial charge on any atom is -0.473 e. The average Bonchev–Trinajstić information content (AvgIpc) is 2.41. The highest BCUT2D eigenvalue weighted by Gasteiger charge is 2.16. The van der Waals surface area contributed by atoms with Gasteiger partial charge in [0.05, 0.1) is 6.10 Å². The Labute approximate surface area is 120 Å². The Bertz CT molecular complexity index is 442. The van der Waals surface area contributed by atoms with Crippen molar-refractivity contribution in [2.75, 3.05) is 5.32 Å². The Kier molecular flexibility index (Phi) is 5.21. The Balaban J connectivity index is 1.93. The van der Waals surface area contributed by atoms with Crippen LogP contribution in [-0.4, -0.2) is 23.2 Å². The minimum atomic E-state index is -0.182. The van der Waals surface area contributed by atoms with Crippen LogP contribution in [0.3, 0.4) is 0 Å². The molecule has 0 radical (unpaired) electrons. The molecule has 2 rings (SSSR count). The third-order valence-corrected chi connectivity index (χ3v) is 3.31. The van der Waals surface area contributed by atoms with E-state index in [-0.39, 0.29) is 18.2 Å². The van der Waals surface area contributed by atoms with E-state index >= 15 is 0 Å². The van der Waals surface area contributed by atoms with Gasteiger partial charge < -0.3 is 15.4 Å². The molecule has 1 aliphatic rings. The van der Waals surface area contributed by atoms with Crippen molar-refractivity contribution in [3.63, 3.8) is 0 Å². The summed E-state index contributed by atoms with van der Waals surface area (Å²) in [5, 5.41) is 5.84. The van der Waals surface area contributed by atoms with Gasteiger partial charge in [0.15, 0.2) is 0 Å². The quantitative estimate of drug-likeness (QED) is 0.887. The van der Waals surface area contributed by atoms with Crippen LogP contribution in [0.4, 0.5) is 10.5 Å². The lowest BCUT2D eigenvalue weighted by atomic mass is 9.96. The molecule has 0 saturated heterocycles. The number of amides is 2. The normalized spacial score (nSPS) is 15.9. The van der Waals surface area contributed by atoms with Crippen molar-refractivity contribution in [3.8, 4) is 5.88 Å². The molecule has 1 aromatic heterocycles. The first-order chi connectivity index (χ1) is 9.65. The van der Waals surface area contributed by atoms with Crippen LogP contribution in [0.5, 0.6) is 5.88 Å². The van der Waals surface area contributed by atoms with Crippen LogP contribution in [0.15, 0.2) is 18.3 Å². The molecule has 0 bridgehead atoms. The maximum Gasteiger partial charge on any atom is 0.319 e. The number of pyridine rings is 1. The topological polar surface area (TPSA) is 63.2 Å². The summed E-state index contributed by atoms with van der Waals surface area (Å²) in [5.41, 5.74) is 0.606. The Hall–Kier alpha value is -1.78. The minimum absolute atomic E-state index is 0.0202. The van der Waals surface area contributed by atoms with E-state index in [1.54, 1.807) is 18.3 Å². The number of aromatic nitrogens is 1. The zero-order valence-electron chi connectivity index (χ0n) is 12.2. The molecule has 1 aromatic rings. The van der Waals surface area contributed by atoms with Gasteiger partial charge in [0.2, 0.25) is 5.88 Å². The fourth-order valence-electron chi connectivity index (χ4n) is 2.39. The van der Waals surface area contributed by atoms with Crippen molar-refractivity contribution in [2.24, 2.45) is 0 Å². The molecule has 5 heteroatoms. The molecule has 0 atom stereocenters. The summed E-state index contributed by atoms with van der Waals surface area (Å²) in [6.07, 6.45) is 7.47. The van der Waals surface area contributed by atoms with Crippen molar-refractivity contribution in [1.82, 2.24) is 10.3 Å². The first kappa shape index (κ1) is 14.6. The number of nitrogens with zero attached hydrogens (tertiary/aromatic N) is 1. The second-order valence-corrected chi connectivity index (χ2v) is 5.46. The largest absolute Gasteiger partial charge is 0.473 e. The maximum atomic E-state index is 12.0. The molecule has 0 spiro atoms. The molecule has 1 fully saturated rings. The summed E-state index contributed by atoms with van der Waals surface area (Å²) >= 11 is 0. The summed E-state index contributed by atoms with van der Waals surface area (Å²) < 4.78 is 5.58. The summed E-state index contributed by atoms with van der Waals surface area (Å²) in [6, 6.07) is 3.68. The summed E-state index contributed by atoms with van der Waals surface area (Å²) in [7, 11) is 0. The van der Waals surface area contributed by atoms with E-state index in [1.807, 2.05) is 13.8 Å². The van der Waals surface area contributed by atoms with Crippen LogP contribution < -0.4 is 15.4 Å². The highest BCUT2D eigenvalue weighted by atomic mass is 16.5. The number of urea groups is 1. The number of hydrogen-bond acceptors (Lipinski definition) is 3. The number of anilines is 1. The number of hydrogen-bond donors (Lipinski definition) is 2. The van der Waals surface area contributed by atoms with E-state index in [9.17, 15) is 4.79 Å². The summed E-state index contributed by atoms with van der Waals surface area (Å²) in [4.78, 5) is 16.2. The van der Waals surface area contributed by atoms with Crippen LogP contribution in [-0.2, 0) is 0 Å². The van der Waals surface area contributed by atoms with E-state index in [0.29, 0.717) is 11.6 Å². The SMILES string of the molecule is CC(C)Oc1ncccc1NC(=O)NC1CCCCC1. The van der Waals surface area contributed by atoms with Crippen molar-refractivity contribution in [3.05, 3.63) is 18.3 Å². The second kappa shape index (κ2) is 7.12. The first-order valence-corrected chi connectivity index (χ1v) is 7.34. The van der Waals surface area contributed by atoms with Gasteiger partial charge >= 0.3 is 6.03 Å². The number of nitrogens with one attached hydrogen (secondary N) is 2. The first-order valence-electron chi connectivity index (χ1n) is 7.34. The van der Waals surface area contributed by atoms with Gasteiger partial charge in [0.1, 0.15) is 5.69 Å². The lowest BCUT2D eigenvalue weighted by Gasteiger charge is -2.23. The molecule has 5 nitrogen and oxygen atoms in total. The van der Waals surface area contributed by atoms with E-state index in [2.05, 4.69) is 15.6 Å². The molecule has 110 valence electrons. The second-order valence-electron chi connectivity index (χ2n) is 5.46. The van der Waals surface area contributed by atoms with Crippen molar-refractivity contribution < 1.29 is 9.53 Å². The molecular weight excluding hydrogens is 254 g/mol. The Morgan fingerprint density at radius 3 is 2.80 bits per heavy atom. The molecule has 20 heavy (non-hydrogen) atoms. The maximum absolute atomic E-state index is 12.0. The third kappa shape index (κ3) is 4.40. The van der Waals surface area contributed by atoms with E-state index < -0.39 is 0 Å². The average molecular weight is 277 g/mol. The smallest absolute Gasteiger partial charge is 0.319 e. The molecular formula is C15H23N3O2. The Morgan fingerprint density at radius 1 is 1.35 bits per heavy atom. The highest BCUT2D eigenvalue weighted by Crippen LogP contribution is 2.22. The van der Waals surface area contributed by atoms with Crippen LogP contribution in [0, 0.1) is 0 Å². The molecule has 1 aliphatic carbocycles. The molecule has 0 aromatic carbocycles. The van der Waals surface area contributed by atoms with Gasteiger partial charge in [-0.1, -0.05) is 19.3 Å². The van der Waals surface area contributed by atoms with E-state index in [0.717, 1.165) is 12.8 Å². The summed E-state index contributed by atoms with van der Waals surface area (Å²) in [5.74, 6) is 0.460.